The molecule has 2 aromatic rings. The Morgan fingerprint density at radius 2 is 1.92 bits per heavy atom. The third kappa shape index (κ3) is 4.87. The van der Waals surface area contributed by atoms with E-state index >= 15 is 0 Å². The molecule has 0 atom stereocenters. The zero-order chi connectivity index (χ0) is 18.6. The van der Waals surface area contributed by atoms with E-state index in [4.69, 9.17) is 0 Å². The monoisotopic (exact) mass is 361 g/mol. The molecule has 1 amide bonds. The Bertz CT molecular complexity index is 814. The van der Waals surface area contributed by atoms with E-state index in [9.17, 15) is 14.7 Å². The van der Waals surface area contributed by atoms with Crippen LogP contribution in [0.15, 0.2) is 40.0 Å². The van der Waals surface area contributed by atoms with Crippen LogP contribution in [0, 0.1) is 6.92 Å². The van der Waals surface area contributed by atoms with Gasteiger partial charge in [-0.25, -0.2) is 0 Å². The highest BCUT2D eigenvalue weighted by atomic mass is 32.2. The molecule has 0 radical (unpaired) electrons. The number of carbonyl (C=O) groups is 1. The third-order valence-electron chi connectivity index (χ3n) is 3.62. The highest BCUT2D eigenvalue weighted by molar-refractivity contribution is 7.97. The van der Waals surface area contributed by atoms with E-state index in [2.05, 4.69) is 10.0 Å². The quantitative estimate of drug-likeness (QED) is 0.688. The van der Waals surface area contributed by atoms with Crippen molar-refractivity contribution in [2.75, 3.05) is 0 Å². The minimum atomic E-state index is -0.566. The number of carbonyl (C=O) groups excluding carboxylic acids is 1. The highest BCUT2D eigenvalue weighted by Crippen LogP contribution is 2.17. The van der Waals surface area contributed by atoms with Crippen LogP contribution < -0.4 is 15.5 Å². The summed E-state index contributed by atoms with van der Waals surface area (Å²) in [5.74, 6) is -1.00. The van der Waals surface area contributed by atoms with Gasteiger partial charge in [0, 0.05) is 36.3 Å². The molecule has 1 aromatic carbocycles. The first-order valence-electron chi connectivity index (χ1n) is 7.98. The van der Waals surface area contributed by atoms with Gasteiger partial charge in [0.05, 0.1) is 0 Å². The molecule has 0 aliphatic rings. The third-order valence-corrected chi connectivity index (χ3v) is 4.42. The smallest absolute Gasteiger partial charge is 0.272 e. The van der Waals surface area contributed by atoms with E-state index in [1.165, 1.54) is 28.1 Å². The second kappa shape index (κ2) is 8.22. The van der Waals surface area contributed by atoms with Crippen LogP contribution in [-0.4, -0.2) is 21.6 Å². The fourth-order valence-corrected chi connectivity index (χ4v) is 2.95. The molecular weight excluding hydrogens is 338 g/mol. The zero-order valence-corrected chi connectivity index (χ0v) is 15.6. The molecule has 0 spiro atoms. The molecule has 7 heteroatoms. The van der Waals surface area contributed by atoms with Crippen LogP contribution in [0.4, 0.5) is 0 Å². The Hall–Kier alpha value is -2.25. The fourth-order valence-electron chi connectivity index (χ4n) is 2.30. The first-order chi connectivity index (χ1) is 11.8. The van der Waals surface area contributed by atoms with Gasteiger partial charge in [0.1, 0.15) is 0 Å². The van der Waals surface area contributed by atoms with Gasteiger partial charge in [0.15, 0.2) is 11.4 Å². The summed E-state index contributed by atoms with van der Waals surface area (Å²) in [6.45, 7) is 6.03. The van der Waals surface area contributed by atoms with Crippen molar-refractivity contribution in [1.29, 1.82) is 0 Å². The SMILES string of the molecule is Cc1ccc(SNCc2cc(=O)c(O)c(C(=O)NC(C)C)n2C)cc1. The second-order valence-corrected chi connectivity index (χ2v) is 7.08. The van der Waals surface area contributed by atoms with Crippen LogP contribution in [0.5, 0.6) is 5.75 Å². The lowest BCUT2D eigenvalue weighted by atomic mass is 10.2. The van der Waals surface area contributed by atoms with Crippen molar-refractivity contribution in [3.05, 3.63) is 57.5 Å². The Morgan fingerprint density at radius 3 is 2.52 bits per heavy atom. The fraction of sp³-hybridized carbons (Fsp3) is 0.333. The topological polar surface area (TPSA) is 83.4 Å². The van der Waals surface area contributed by atoms with Gasteiger partial charge in [0.2, 0.25) is 5.43 Å². The number of aromatic hydroxyl groups is 1. The van der Waals surface area contributed by atoms with Gasteiger partial charge >= 0.3 is 0 Å². The minimum absolute atomic E-state index is 0.0293. The first-order valence-corrected chi connectivity index (χ1v) is 8.80. The molecule has 0 fully saturated rings. The number of nitrogens with one attached hydrogen (secondary N) is 2. The maximum atomic E-state index is 12.3. The van der Waals surface area contributed by atoms with Gasteiger partial charge in [-0.1, -0.05) is 17.7 Å². The van der Waals surface area contributed by atoms with Gasteiger partial charge in [-0.3, -0.25) is 14.3 Å². The summed E-state index contributed by atoms with van der Waals surface area (Å²) in [5, 5.41) is 12.7. The maximum Gasteiger partial charge on any atom is 0.272 e. The number of rotatable bonds is 6. The summed E-state index contributed by atoms with van der Waals surface area (Å²) in [7, 11) is 1.65. The van der Waals surface area contributed by atoms with E-state index in [0.717, 1.165) is 4.90 Å². The summed E-state index contributed by atoms with van der Waals surface area (Å²) in [5.41, 5.74) is 1.20. The lowest BCUT2D eigenvalue weighted by Crippen LogP contribution is -2.34. The number of aryl methyl sites for hydroxylation is 1. The summed E-state index contributed by atoms with van der Waals surface area (Å²) >= 11 is 1.44. The number of amides is 1. The normalized spacial score (nSPS) is 10.9. The number of pyridine rings is 1. The Labute approximate surface area is 151 Å². The van der Waals surface area contributed by atoms with Crippen LogP contribution in [0.25, 0.3) is 0 Å². The van der Waals surface area contributed by atoms with E-state index in [0.29, 0.717) is 12.2 Å². The molecule has 134 valence electrons. The van der Waals surface area contributed by atoms with E-state index < -0.39 is 17.1 Å². The Kier molecular flexibility index (Phi) is 6.27. The van der Waals surface area contributed by atoms with Gasteiger partial charge in [-0.15, -0.1) is 0 Å². The van der Waals surface area contributed by atoms with Crippen molar-refractivity contribution in [2.24, 2.45) is 7.05 Å². The van der Waals surface area contributed by atoms with Crippen LogP contribution >= 0.6 is 11.9 Å². The van der Waals surface area contributed by atoms with Crippen molar-refractivity contribution in [1.82, 2.24) is 14.6 Å². The molecule has 2 rings (SSSR count). The molecule has 0 unspecified atom stereocenters. The molecule has 1 aromatic heterocycles. The van der Waals surface area contributed by atoms with E-state index in [1.807, 2.05) is 45.0 Å². The van der Waals surface area contributed by atoms with Crippen molar-refractivity contribution in [3.63, 3.8) is 0 Å². The largest absolute Gasteiger partial charge is 0.503 e. The second-order valence-electron chi connectivity index (χ2n) is 6.12. The van der Waals surface area contributed by atoms with Gasteiger partial charge < -0.3 is 15.0 Å². The molecule has 1 heterocycles. The van der Waals surface area contributed by atoms with E-state index in [1.54, 1.807) is 7.05 Å². The number of benzene rings is 1. The predicted molar refractivity (Wildman–Crippen MR) is 99.8 cm³/mol. The molecule has 0 aliphatic carbocycles. The molecule has 0 aliphatic heterocycles. The zero-order valence-electron chi connectivity index (χ0n) is 14.8. The summed E-state index contributed by atoms with van der Waals surface area (Å²) in [6.07, 6.45) is 0. The highest BCUT2D eigenvalue weighted by Gasteiger charge is 2.19. The number of hydrogen-bond acceptors (Lipinski definition) is 5. The Balaban J connectivity index is 2.17. The molecule has 6 nitrogen and oxygen atoms in total. The first kappa shape index (κ1) is 19.1. The average Bonchev–Trinajstić information content (AvgIpc) is 2.53. The minimum Gasteiger partial charge on any atom is -0.503 e. The van der Waals surface area contributed by atoms with Crippen molar-refractivity contribution in [2.45, 2.75) is 38.3 Å². The molecule has 25 heavy (non-hydrogen) atoms. The number of nitrogens with zero attached hydrogens (tertiary/aromatic N) is 1. The summed E-state index contributed by atoms with van der Waals surface area (Å²) in [4.78, 5) is 25.3. The Morgan fingerprint density at radius 1 is 1.28 bits per heavy atom. The van der Waals surface area contributed by atoms with Crippen LogP contribution in [-0.2, 0) is 13.6 Å². The standard InChI is InChI=1S/C18H23N3O3S/c1-11(2)20-18(24)16-17(23)15(22)9-13(21(16)4)10-19-25-14-7-5-12(3)6-8-14/h5-9,11,19,23H,10H2,1-4H3,(H,20,24). The number of aromatic nitrogens is 1. The van der Waals surface area contributed by atoms with Crippen molar-refractivity contribution < 1.29 is 9.90 Å². The van der Waals surface area contributed by atoms with E-state index in [-0.39, 0.29) is 11.7 Å². The predicted octanol–water partition coefficient (Wildman–Crippen LogP) is 2.33. The van der Waals surface area contributed by atoms with Gasteiger partial charge in [-0.05, 0) is 44.9 Å². The van der Waals surface area contributed by atoms with Crippen LogP contribution in [0.3, 0.4) is 0 Å². The molecule has 0 saturated heterocycles. The summed E-state index contributed by atoms with van der Waals surface area (Å²) in [6, 6.07) is 9.29. The maximum absolute atomic E-state index is 12.3. The average molecular weight is 361 g/mol. The molecule has 0 bridgehead atoms. The molecule has 0 saturated carbocycles. The number of hydrogen-bond donors (Lipinski definition) is 3. The van der Waals surface area contributed by atoms with Gasteiger partial charge in [-0.2, -0.15) is 0 Å². The van der Waals surface area contributed by atoms with Crippen LogP contribution in [0.1, 0.15) is 35.6 Å². The lowest BCUT2D eigenvalue weighted by Gasteiger charge is -2.17. The van der Waals surface area contributed by atoms with Crippen LogP contribution in [0.2, 0.25) is 0 Å². The lowest BCUT2D eigenvalue weighted by molar-refractivity contribution is 0.0930. The molecule has 3 N–H and O–H groups in total. The van der Waals surface area contributed by atoms with Gasteiger partial charge in [0.25, 0.3) is 5.91 Å². The van der Waals surface area contributed by atoms with Crippen molar-refractivity contribution >= 4 is 17.9 Å². The molecular formula is C18H23N3O3S. The summed E-state index contributed by atoms with van der Waals surface area (Å²) < 4.78 is 4.71. The van der Waals surface area contributed by atoms with Crippen molar-refractivity contribution in [3.8, 4) is 5.75 Å².